The monoisotopic (exact) mass is 420 g/mol. The highest BCUT2D eigenvalue weighted by Crippen LogP contribution is 2.41. The molecule has 2 heterocycles. The highest BCUT2D eigenvalue weighted by molar-refractivity contribution is 5.78. The zero-order valence-corrected chi connectivity index (χ0v) is 18.5. The van der Waals surface area contributed by atoms with Crippen LogP contribution < -0.4 is 9.47 Å². The summed E-state index contributed by atoms with van der Waals surface area (Å²) in [5.74, 6) is 2.29. The summed E-state index contributed by atoms with van der Waals surface area (Å²) in [6, 6.07) is 14.0. The van der Waals surface area contributed by atoms with Crippen LogP contribution >= 0.6 is 0 Å². The van der Waals surface area contributed by atoms with Crippen LogP contribution in [0.25, 0.3) is 0 Å². The molecule has 31 heavy (non-hydrogen) atoms. The highest BCUT2D eigenvalue weighted by atomic mass is 16.5. The predicted molar refractivity (Wildman–Crippen MR) is 118 cm³/mol. The van der Waals surface area contributed by atoms with Crippen molar-refractivity contribution in [1.29, 1.82) is 0 Å². The third kappa shape index (κ3) is 4.02. The molecular weight excluding hydrogens is 392 g/mol. The average molecular weight is 421 g/mol. The van der Waals surface area contributed by atoms with Crippen molar-refractivity contribution in [3.8, 4) is 11.5 Å². The Morgan fingerprint density at radius 3 is 2.48 bits per heavy atom. The maximum atomic E-state index is 13.4. The lowest BCUT2D eigenvalue weighted by molar-refractivity contribution is -0.133. The minimum absolute atomic E-state index is 0.120. The second kappa shape index (κ2) is 8.84. The van der Waals surface area contributed by atoms with E-state index in [-0.39, 0.29) is 11.9 Å². The number of amides is 1. The van der Waals surface area contributed by atoms with Crippen molar-refractivity contribution in [3.05, 3.63) is 76.2 Å². The minimum Gasteiger partial charge on any atom is -0.493 e. The molecule has 0 aliphatic carbocycles. The number of methoxy groups -OCH3 is 2. The number of ether oxygens (including phenoxy) is 2. The van der Waals surface area contributed by atoms with E-state index in [2.05, 4.69) is 17.3 Å². The number of aryl methyl sites for hydroxylation is 2. The Morgan fingerprint density at radius 2 is 1.84 bits per heavy atom. The molecule has 2 aromatic carbocycles. The first-order chi connectivity index (χ1) is 15.0. The minimum atomic E-state index is -0.165. The maximum Gasteiger partial charge on any atom is 0.223 e. The summed E-state index contributed by atoms with van der Waals surface area (Å²) in [6.45, 7) is 4.46. The molecule has 0 radical (unpaired) electrons. The molecule has 1 aromatic heterocycles. The molecule has 0 fully saturated rings. The Kier molecular flexibility index (Phi) is 5.98. The standard InChI is InChI=1S/C25H28N2O4/c1-16-20(17(2)31-26-16)10-11-24(28)27-13-12-19-14-22(29-3)23(30-4)15-21(19)25(27)18-8-6-5-7-9-18/h5-9,14-15,25H,10-13H2,1-4H3. The van der Waals surface area contributed by atoms with Gasteiger partial charge in [0, 0.05) is 18.5 Å². The molecule has 1 atom stereocenters. The fourth-order valence-corrected chi connectivity index (χ4v) is 4.44. The van der Waals surface area contributed by atoms with Gasteiger partial charge in [-0.05, 0) is 55.5 Å². The van der Waals surface area contributed by atoms with E-state index in [9.17, 15) is 4.79 Å². The van der Waals surface area contributed by atoms with Crippen LogP contribution in [0, 0.1) is 13.8 Å². The lowest BCUT2D eigenvalue weighted by Crippen LogP contribution is -2.40. The summed E-state index contributed by atoms with van der Waals surface area (Å²) >= 11 is 0. The van der Waals surface area contributed by atoms with Crippen molar-refractivity contribution in [2.24, 2.45) is 0 Å². The van der Waals surface area contributed by atoms with Crippen molar-refractivity contribution in [1.82, 2.24) is 10.1 Å². The van der Waals surface area contributed by atoms with E-state index in [0.717, 1.165) is 34.6 Å². The van der Waals surface area contributed by atoms with E-state index in [1.54, 1.807) is 14.2 Å². The molecular formula is C25H28N2O4. The van der Waals surface area contributed by atoms with E-state index in [4.69, 9.17) is 14.0 Å². The predicted octanol–water partition coefficient (Wildman–Crippen LogP) is 4.42. The summed E-state index contributed by atoms with van der Waals surface area (Å²) in [5, 5.41) is 4.01. The lowest BCUT2D eigenvalue weighted by atomic mass is 9.87. The van der Waals surface area contributed by atoms with Crippen LogP contribution in [0.4, 0.5) is 0 Å². The Morgan fingerprint density at radius 1 is 1.13 bits per heavy atom. The summed E-state index contributed by atoms with van der Waals surface area (Å²) in [4.78, 5) is 15.4. The second-order valence-corrected chi connectivity index (χ2v) is 7.86. The van der Waals surface area contributed by atoms with Crippen LogP contribution in [0.5, 0.6) is 11.5 Å². The lowest BCUT2D eigenvalue weighted by Gasteiger charge is -2.38. The fraction of sp³-hybridized carbons (Fsp3) is 0.360. The number of benzene rings is 2. The molecule has 0 N–H and O–H groups in total. The van der Waals surface area contributed by atoms with E-state index in [1.807, 2.05) is 49.1 Å². The number of carbonyl (C=O) groups excluding carboxylic acids is 1. The number of carbonyl (C=O) groups is 1. The summed E-state index contributed by atoms with van der Waals surface area (Å²) in [5.41, 5.74) is 5.22. The molecule has 6 nitrogen and oxygen atoms in total. The van der Waals surface area contributed by atoms with E-state index >= 15 is 0 Å². The smallest absolute Gasteiger partial charge is 0.223 e. The highest BCUT2D eigenvalue weighted by Gasteiger charge is 2.33. The molecule has 6 heteroatoms. The quantitative estimate of drug-likeness (QED) is 0.591. The van der Waals surface area contributed by atoms with Gasteiger partial charge < -0.3 is 18.9 Å². The Bertz CT molecular complexity index is 1060. The number of hydrogen-bond acceptors (Lipinski definition) is 5. The first-order valence-electron chi connectivity index (χ1n) is 10.5. The van der Waals surface area contributed by atoms with Crippen molar-refractivity contribution < 1.29 is 18.8 Å². The number of fused-ring (bicyclic) bond motifs is 1. The van der Waals surface area contributed by atoms with Crippen LogP contribution in [0.15, 0.2) is 47.0 Å². The van der Waals surface area contributed by atoms with Gasteiger partial charge in [0.2, 0.25) is 5.91 Å². The molecule has 0 bridgehead atoms. The van der Waals surface area contributed by atoms with E-state index < -0.39 is 0 Å². The zero-order valence-electron chi connectivity index (χ0n) is 18.5. The third-order valence-electron chi connectivity index (χ3n) is 6.08. The van der Waals surface area contributed by atoms with Gasteiger partial charge in [0.25, 0.3) is 0 Å². The van der Waals surface area contributed by atoms with Crippen molar-refractivity contribution in [2.45, 2.75) is 39.2 Å². The molecule has 4 rings (SSSR count). The van der Waals surface area contributed by atoms with Gasteiger partial charge in [0.15, 0.2) is 11.5 Å². The van der Waals surface area contributed by atoms with Crippen molar-refractivity contribution in [2.75, 3.05) is 20.8 Å². The first-order valence-corrected chi connectivity index (χ1v) is 10.5. The first kappa shape index (κ1) is 21.0. The van der Waals surface area contributed by atoms with Gasteiger partial charge >= 0.3 is 0 Å². The third-order valence-corrected chi connectivity index (χ3v) is 6.08. The van der Waals surface area contributed by atoms with Gasteiger partial charge in [-0.25, -0.2) is 0 Å². The van der Waals surface area contributed by atoms with E-state index in [1.165, 1.54) is 5.56 Å². The molecule has 0 saturated heterocycles. The van der Waals surface area contributed by atoms with Gasteiger partial charge in [0.1, 0.15) is 5.76 Å². The van der Waals surface area contributed by atoms with Gasteiger partial charge in [-0.1, -0.05) is 35.5 Å². The Balaban J connectivity index is 1.68. The molecule has 0 saturated carbocycles. The SMILES string of the molecule is COc1cc2c(cc1OC)C(c1ccccc1)N(C(=O)CCc1c(C)noc1C)CC2. The van der Waals surface area contributed by atoms with Crippen LogP contribution in [0.3, 0.4) is 0 Å². The molecule has 1 aliphatic rings. The van der Waals surface area contributed by atoms with Crippen molar-refractivity contribution >= 4 is 5.91 Å². The van der Waals surface area contributed by atoms with Crippen LogP contribution in [-0.4, -0.2) is 36.7 Å². The van der Waals surface area contributed by atoms with Crippen molar-refractivity contribution in [3.63, 3.8) is 0 Å². The largest absolute Gasteiger partial charge is 0.493 e. The number of aromatic nitrogens is 1. The maximum absolute atomic E-state index is 13.4. The summed E-state index contributed by atoms with van der Waals surface area (Å²) in [7, 11) is 3.28. The summed E-state index contributed by atoms with van der Waals surface area (Å²) < 4.78 is 16.3. The summed E-state index contributed by atoms with van der Waals surface area (Å²) in [6.07, 6.45) is 1.81. The molecule has 0 spiro atoms. The Labute approximate surface area is 182 Å². The number of hydrogen-bond donors (Lipinski definition) is 0. The molecule has 1 aliphatic heterocycles. The van der Waals surface area contributed by atoms with Crippen LogP contribution in [-0.2, 0) is 17.6 Å². The molecule has 1 unspecified atom stereocenters. The molecule has 1 amide bonds. The van der Waals surface area contributed by atoms with E-state index in [0.29, 0.717) is 30.9 Å². The molecule has 162 valence electrons. The van der Waals surface area contributed by atoms with Gasteiger partial charge in [-0.15, -0.1) is 0 Å². The van der Waals surface area contributed by atoms with Gasteiger partial charge in [0.05, 0.1) is 26.0 Å². The average Bonchev–Trinajstić information content (AvgIpc) is 3.13. The second-order valence-electron chi connectivity index (χ2n) is 7.86. The fourth-order valence-electron chi connectivity index (χ4n) is 4.44. The number of nitrogens with zero attached hydrogens (tertiary/aromatic N) is 2. The van der Waals surface area contributed by atoms with Crippen LogP contribution in [0.1, 0.15) is 46.2 Å². The normalized spacial score (nSPS) is 15.5. The van der Waals surface area contributed by atoms with Gasteiger partial charge in [-0.3, -0.25) is 4.79 Å². The van der Waals surface area contributed by atoms with Gasteiger partial charge in [-0.2, -0.15) is 0 Å². The Hall–Kier alpha value is -3.28. The molecule has 3 aromatic rings. The van der Waals surface area contributed by atoms with Crippen LogP contribution in [0.2, 0.25) is 0 Å². The number of rotatable bonds is 6. The topological polar surface area (TPSA) is 64.8 Å². The zero-order chi connectivity index (χ0) is 22.0.